The van der Waals surface area contributed by atoms with Gasteiger partial charge in [0, 0.05) is 11.5 Å². The van der Waals surface area contributed by atoms with Crippen molar-refractivity contribution in [2.24, 2.45) is 17.6 Å². The van der Waals surface area contributed by atoms with E-state index in [4.69, 9.17) is 5.73 Å². The van der Waals surface area contributed by atoms with Crippen molar-refractivity contribution in [3.8, 4) is 5.75 Å². The van der Waals surface area contributed by atoms with Crippen molar-refractivity contribution >= 4 is 45.0 Å². The summed E-state index contributed by atoms with van der Waals surface area (Å²) in [5.41, 5.74) is 0.766. The first kappa shape index (κ1) is 29.7. The zero-order valence-electron chi connectivity index (χ0n) is 22.5. The summed E-state index contributed by atoms with van der Waals surface area (Å²) in [6.07, 6.45) is -1.27. The number of halogens is 1. The number of primary amides is 1. The van der Waals surface area contributed by atoms with E-state index < -0.39 is 91.6 Å². The van der Waals surface area contributed by atoms with Gasteiger partial charge in [-0.25, -0.2) is 0 Å². The molecule has 1 aromatic rings. The lowest BCUT2D eigenvalue weighted by molar-refractivity contribution is -0.162. The van der Waals surface area contributed by atoms with Crippen LogP contribution >= 0.6 is 15.9 Å². The van der Waals surface area contributed by atoms with Crippen LogP contribution in [0, 0.1) is 11.8 Å². The zero-order chi connectivity index (χ0) is 30.2. The van der Waals surface area contributed by atoms with Crippen molar-refractivity contribution in [2.45, 2.75) is 55.2 Å². The number of rotatable bonds is 5. The molecule has 0 bridgehead atoms. The Bertz CT molecular complexity index is 1420. The highest BCUT2D eigenvalue weighted by molar-refractivity contribution is 9.10. The summed E-state index contributed by atoms with van der Waals surface area (Å²) >= 11 is 3.32. The number of ketones is 2. The Morgan fingerprint density at radius 1 is 1.20 bits per heavy atom. The Kier molecular flexibility index (Phi) is 7.19. The number of amides is 2. The summed E-state index contributed by atoms with van der Waals surface area (Å²) in [4.78, 5) is 53.5. The first-order valence-electron chi connectivity index (χ1n) is 12.6. The average Bonchev–Trinajstić information content (AvgIpc) is 2.87. The largest absolute Gasteiger partial charge is 0.510 e. The van der Waals surface area contributed by atoms with E-state index in [-0.39, 0.29) is 11.3 Å². The molecule has 0 saturated heterocycles. The summed E-state index contributed by atoms with van der Waals surface area (Å²) in [5.74, 6) is -10.3. The second-order valence-corrected chi connectivity index (χ2v) is 12.7. The van der Waals surface area contributed by atoms with Crippen molar-refractivity contribution in [2.75, 3.05) is 19.4 Å². The van der Waals surface area contributed by atoms with Gasteiger partial charge >= 0.3 is 0 Å². The van der Waals surface area contributed by atoms with Crippen LogP contribution in [0.1, 0.15) is 49.0 Å². The molecule has 1 aromatic carbocycles. The number of carbonyl (C=O) groups is 4. The molecule has 3 aliphatic carbocycles. The van der Waals surface area contributed by atoms with Crippen LogP contribution in [-0.2, 0) is 14.4 Å². The molecule has 0 radical (unpaired) electrons. The van der Waals surface area contributed by atoms with Gasteiger partial charge in [-0.2, -0.15) is 0 Å². The Morgan fingerprint density at radius 2 is 1.80 bits per heavy atom. The summed E-state index contributed by atoms with van der Waals surface area (Å²) in [6, 6.07) is 1.58. The number of nitrogens with two attached hydrogens (primary N) is 1. The number of Topliss-reactive ketones (excluding diaryl/α,β-unsaturated/α-hetero) is 2. The standard InChI is InChI=1S/C27H32BrN3O9/c1-6-26(3,28)25(39)30-11-8-7-10-9(2)12-14(19(33)13(10)18(11)32)22(36)27(40)16(20(12)34)17(31(4)5)21(35)15(23(27)37)24(29)38/h7-9,12,16-17,20,32,34-36,40H,6H2,1-5H3,(H2,29,38)(H,30,39)/t9?,12?,16?,17-,20?,26?,27?/m0/s1. The van der Waals surface area contributed by atoms with E-state index in [9.17, 15) is 44.7 Å². The van der Waals surface area contributed by atoms with Gasteiger partial charge in [0.05, 0.1) is 29.3 Å². The van der Waals surface area contributed by atoms with Gasteiger partial charge in [-0.3, -0.25) is 24.1 Å². The van der Waals surface area contributed by atoms with Gasteiger partial charge in [0.1, 0.15) is 21.4 Å². The average molecular weight is 622 g/mol. The van der Waals surface area contributed by atoms with Crippen LogP contribution in [0.25, 0.3) is 0 Å². The fourth-order valence-electron chi connectivity index (χ4n) is 6.14. The van der Waals surface area contributed by atoms with Gasteiger partial charge in [0.25, 0.3) is 5.91 Å². The minimum Gasteiger partial charge on any atom is -0.510 e. The molecule has 6 unspecified atom stereocenters. The SMILES string of the molecule is CCC(C)(Br)C(=O)Nc1ccc2c(c1O)C(=O)C1=C(O)C3(O)C(=O)C(C(N)=O)=C(O)[C@@H](N(C)C)C3C(O)C1C2C. The van der Waals surface area contributed by atoms with Crippen LogP contribution in [0.5, 0.6) is 5.75 Å². The fraction of sp³-hybridized carbons (Fsp3) is 0.481. The molecule has 0 aliphatic heterocycles. The Balaban J connectivity index is 1.95. The van der Waals surface area contributed by atoms with Crippen molar-refractivity contribution in [3.63, 3.8) is 0 Å². The quantitative estimate of drug-likeness (QED) is 0.141. The summed E-state index contributed by atoms with van der Waals surface area (Å²) < 4.78 is -0.966. The molecular weight excluding hydrogens is 590 g/mol. The maximum Gasteiger partial charge on any atom is 0.255 e. The highest BCUT2D eigenvalue weighted by Crippen LogP contribution is 2.56. The van der Waals surface area contributed by atoms with E-state index >= 15 is 0 Å². The number of carbonyl (C=O) groups excluding carboxylic acids is 4. The number of benzene rings is 1. The number of alkyl halides is 1. The number of phenolic OH excluding ortho intramolecular Hbond substituents is 1. The number of phenols is 1. The number of aromatic hydroxyl groups is 1. The highest BCUT2D eigenvalue weighted by Gasteiger charge is 2.67. The Morgan fingerprint density at radius 3 is 2.33 bits per heavy atom. The molecule has 4 rings (SSSR count). The number of aliphatic hydroxyl groups is 4. The van der Waals surface area contributed by atoms with Crippen molar-refractivity contribution in [1.82, 2.24) is 4.90 Å². The third kappa shape index (κ3) is 3.90. The Hall–Kier alpha value is -3.26. The molecule has 0 saturated carbocycles. The fourth-order valence-corrected chi connectivity index (χ4v) is 6.24. The molecule has 0 aromatic heterocycles. The smallest absolute Gasteiger partial charge is 0.255 e. The molecule has 216 valence electrons. The number of aliphatic hydroxyl groups excluding tert-OH is 3. The van der Waals surface area contributed by atoms with Crippen LogP contribution in [0.2, 0.25) is 0 Å². The second-order valence-electron chi connectivity index (χ2n) is 11.0. The summed E-state index contributed by atoms with van der Waals surface area (Å²) in [5, 5.41) is 59.3. The van der Waals surface area contributed by atoms with Gasteiger partial charge in [0.15, 0.2) is 17.1 Å². The third-order valence-corrected chi connectivity index (χ3v) is 9.44. The van der Waals surface area contributed by atoms with Crippen molar-refractivity contribution in [3.05, 3.63) is 45.9 Å². The lowest BCUT2D eigenvalue weighted by atomic mass is 9.55. The maximum atomic E-state index is 13.9. The van der Waals surface area contributed by atoms with Gasteiger partial charge in [-0.05, 0) is 45.0 Å². The van der Waals surface area contributed by atoms with E-state index in [1.165, 1.54) is 31.1 Å². The normalized spacial score (nSPS) is 31.4. The van der Waals surface area contributed by atoms with E-state index in [0.29, 0.717) is 12.0 Å². The number of nitrogens with one attached hydrogen (secondary N) is 1. The highest BCUT2D eigenvalue weighted by atomic mass is 79.9. The molecule has 7 atom stereocenters. The summed E-state index contributed by atoms with van der Waals surface area (Å²) in [7, 11) is 2.93. The molecule has 0 fully saturated rings. The number of anilines is 1. The Labute approximate surface area is 238 Å². The lowest BCUT2D eigenvalue weighted by Gasteiger charge is -2.53. The predicted molar refractivity (Wildman–Crippen MR) is 146 cm³/mol. The molecule has 3 aliphatic rings. The summed E-state index contributed by atoms with van der Waals surface area (Å²) in [6.45, 7) is 5.04. The van der Waals surface area contributed by atoms with E-state index in [1.54, 1.807) is 20.8 Å². The van der Waals surface area contributed by atoms with E-state index in [1.807, 2.05) is 0 Å². The van der Waals surface area contributed by atoms with Gasteiger partial charge < -0.3 is 36.6 Å². The third-order valence-electron chi connectivity index (χ3n) is 8.52. The van der Waals surface area contributed by atoms with E-state index in [2.05, 4.69) is 21.2 Å². The topological polar surface area (TPSA) is 211 Å². The van der Waals surface area contributed by atoms with Crippen molar-refractivity contribution < 1.29 is 44.7 Å². The predicted octanol–water partition coefficient (Wildman–Crippen LogP) is 1.15. The maximum absolute atomic E-state index is 13.9. The van der Waals surface area contributed by atoms with Gasteiger partial charge in [0.2, 0.25) is 11.7 Å². The number of fused-ring (bicyclic) bond motifs is 3. The molecule has 8 N–H and O–H groups in total. The number of nitrogens with zero attached hydrogens (tertiary/aromatic N) is 1. The minimum absolute atomic E-state index is 0.0832. The van der Waals surface area contributed by atoms with Crippen LogP contribution in [-0.4, -0.2) is 90.0 Å². The first-order valence-corrected chi connectivity index (χ1v) is 13.4. The second kappa shape index (κ2) is 9.68. The van der Waals surface area contributed by atoms with Crippen LogP contribution in [0.3, 0.4) is 0 Å². The molecule has 0 heterocycles. The van der Waals surface area contributed by atoms with Crippen molar-refractivity contribution in [1.29, 1.82) is 0 Å². The van der Waals surface area contributed by atoms with Gasteiger partial charge in [-0.15, -0.1) is 0 Å². The lowest BCUT2D eigenvalue weighted by Crippen LogP contribution is -2.68. The minimum atomic E-state index is -3.00. The van der Waals surface area contributed by atoms with E-state index in [0.717, 1.165) is 0 Å². The van der Waals surface area contributed by atoms with Crippen LogP contribution in [0.4, 0.5) is 5.69 Å². The number of hydrogen-bond donors (Lipinski definition) is 7. The number of hydrogen-bond acceptors (Lipinski definition) is 10. The zero-order valence-corrected chi connectivity index (χ0v) is 24.1. The monoisotopic (exact) mass is 621 g/mol. The molecule has 13 heteroatoms. The molecule has 40 heavy (non-hydrogen) atoms. The van der Waals surface area contributed by atoms with Crippen LogP contribution in [0.15, 0.2) is 34.8 Å². The molecule has 12 nitrogen and oxygen atoms in total. The van der Waals surface area contributed by atoms with Crippen LogP contribution < -0.4 is 11.1 Å². The molecule has 0 spiro atoms. The van der Waals surface area contributed by atoms with Gasteiger partial charge in [-0.1, -0.05) is 35.8 Å². The first-order chi connectivity index (χ1) is 18.4. The molecule has 2 amide bonds. The molecular formula is C27H32BrN3O9. The number of likely N-dealkylation sites (N-methyl/N-ethyl adjacent to an activating group) is 1.